The molecule has 0 spiro atoms. The van der Waals surface area contributed by atoms with Crippen LogP contribution in [-0.4, -0.2) is 65.1 Å². The van der Waals surface area contributed by atoms with Crippen molar-refractivity contribution in [3.05, 3.63) is 139 Å². The number of rotatable bonds is 9. The van der Waals surface area contributed by atoms with Gasteiger partial charge in [0.15, 0.2) is 5.82 Å². The molecule has 0 atom stereocenters. The lowest BCUT2D eigenvalue weighted by molar-refractivity contribution is -0.160. The highest BCUT2D eigenvalue weighted by Crippen LogP contribution is 2.35. The Hall–Kier alpha value is -6.25. The van der Waals surface area contributed by atoms with Crippen LogP contribution < -0.4 is 16.0 Å². The van der Waals surface area contributed by atoms with Crippen molar-refractivity contribution in [2.24, 2.45) is 0 Å². The van der Waals surface area contributed by atoms with E-state index in [1.165, 1.54) is 51.5 Å². The van der Waals surface area contributed by atoms with Crippen molar-refractivity contribution >= 4 is 118 Å². The Morgan fingerprint density at radius 1 is 0.618 bits per heavy atom. The maximum Gasteiger partial charge on any atom is 0.471 e. The topological polar surface area (TPSA) is 235 Å². The van der Waals surface area contributed by atoms with E-state index in [0.717, 1.165) is 20.2 Å². The molecule has 68 heavy (non-hydrogen) atoms. The minimum Gasteiger partial charge on any atom is -0.382 e. The molecule has 10 heterocycles. The van der Waals surface area contributed by atoms with E-state index in [9.17, 15) is 26.3 Å². The van der Waals surface area contributed by atoms with Crippen LogP contribution in [0.4, 0.5) is 55.4 Å². The number of thiophene rings is 2. The number of anilines is 5. The predicted octanol–water partition coefficient (Wildman–Crippen LogP) is 12.0. The lowest BCUT2D eigenvalue weighted by atomic mass is 10.3. The number of halogens is 8. The van der Waals surface area contributed by atoms with Gasteiger partial charge in [-0.05, 0) is 40.2 Å². The number of nitrogen functional groups attached to an aromatic ring is 1. The average Bonchev–Trinajstić information content (AvgIpc) is 4.18. The van der Waals surface area contributed by atoms with Gasteiger partial charge in [0, 0.05) is 69.8 Å². The van der Waals surface area contributed by atoms with E-state index in [-0.39, 0.29) is 13.1 Å². The highest BCUT2D eigenvalue weighted by atomic mass is 79.9. The molecule has 0 aliphatic carbocycles. The van der Waals surface area contributed by atoms with Crippen molar-refractivity contribution in [2.45, 2.75) is 24.2 Å². The third kappa shape index (κ3) is 16.2. The number of thiazole rings is 3. The molecule has 0 aliphatic rings. The molecule has 0 radical (unpaired) electrons. The van der Waals surface area contributed by atoms with Crippen LogP contribution in [-0.2, 0) is 24.2 Å². The van der Waals surface area contributed by atoms with Gasteiger partial charge in [-0.1, -0.05) is 26.2 Å². The van der Waals surface area contributed by atoms with E-state index in [4.69, 9.17) is 5.73 Å². The summed E-state index contributed by atoms with van der Waals surface area (Å²) in [5, 5.41) is 16.1. The largest absolute Gasteiger partial charge is 0.471 e. The Kier molecular flexibility index (Phi) is 19.0. The Bertz CT molecular complexity index is 2940. The smallest absolute Gasteiger partial charge is 0.382 e. The third-order valence-electron chi connectivity index (χ3n) is 7.31. The zero-order valence-electron chi connectivity index (χ0n) is 33.6. The number of alkyl halides is 7. The molecule has 10 aromatic heterocycles. The molecule has 10 aromatic rings. The van der Waals surface area contributed by atoms with Crippen molar-refractivity contribution in [3.63, 3.8) is 0 Å². The molecule has 0 aromatic carbocycles. The van der Waals surface area contributed by atoms with Crippen molar-refractivity contribution in [1.82, 2.24) is 65.1 Å². The van der Waals surface area contributed by atoms with Gasteiger partial charge in [0.25, 0.3) is 0 Å². The fourth-order valence-corrected chi connectivity index (χ4v) is 8.74. The molecule has 0 bridgehead atoms. The molecule has 31 heteroatoms. The van der Waals surface area contributed by atoms with Gasteiger partial charge < -0.3 is 25.0 Å². The van der Waals surface area contributed by atoms with Gasteiger partial charge in [-0.2, -0.15) is 36.3 Å². The van der Waals surface area contributed by atoms with Crippen molar-refractivity contribution in [2.75, 3.05) is 16.0 Å². The minimum atomic E-state index is -4.67. The Balaban J connectivity index is 0.000000179. The van der Waals surface area contributed by atoms with E-state index >= 15 is 0 Å². The predicted molar refractivity (Wildman–Crippen MR) is 254 cm³/mol. The summed E-state index contributed by atoms with van der Waals surface area (Å²) in [4.78, 5) is 47.4. The zero-order valence-corrected chi connectivity index (χ0v) is 40.9. The summed E-state index contributed by atoms with van der Waals surface area (Å²) in [6.07, 6.45) is 5.04. The van der Waals surface area contributed by atoms with Crippen molar-refractivity contribution in [3.8, 4) is 21.4 Å². The molecular formula is C37H28Br2F6N16O2S5. The highest BCUT2D eigenvalue weighted by molar-refractivity contribution is 9.10. The van der Waals surface area contributed by atoms with Gasteiger partial charge >= 0.3 is 24.1 Å². The first-order chi connectivity index (χ1) is 32.7. The molecule has 0 unspecified atom stereocenters. The summed E-state index contributed by atoms with van der Waals surface area (Å²) in [7, 11) is 0. The molecule has 0 amide bonds. The second kappa shape index (κ2) is 25.2. The maximum atomic E-state index is 12.6. The molecule has 0 fully saturated rings. The standard InChI is InChI=1S/C15H9F3N6OS2.C8H4BrF3N2OS.C7H6N4S.C4H5N3.C3H2BrNS.H2/c16-15(17,18)14-22-13(23-25-14)10-2-1-9(27-10)6-24(12-7-26-8-21-12)11-5-19-3-4-20-11;9-3-4-1-2-5(16-4)6-13-7(15-14-6)8(10,11)12;1-2-9-6(3-8-1)11-7-4-12-5-10-7;5-4-3-6-1-2-7-4;4-3-1-6-2-5-3;/h1-5,7-8H,6H2;1-2H,3H2;1-5H,(H,9,11);1-3H,(H2,5,7);1-2H;1H/i;;;;;1+2. The number of nitrogens with two attached hydrogens (primary N) is 1. The fraction of sp³-hybridized carbons (Fsp3) is 0.108. The van der Waals surface area contributed by atoms with Gasteiger partial charge in [0.05, 0.1) is 51.4 Å². The minimum absolute atomic E-state index is 0. The number of hydrogen-bond acceptors (Lipinski definition) is 23. The Labute approximate surface area is 417 Å². The van der Waals surface area contributed by atoms with E-state index in [0.29, 0.717) is 44.9 Å². The number of nitrogens with one attached hydrogen (secondary N) is 1. The zero-order chi connectivity index (χ0) is 48.4. The molecular weight excluding hydrogens is 1130 g/mol. The van der Waals surface area contributed by atoms with Gasteiger partial charge in [-0.25, -0.2) is 29.9 Å². The number of nitrogens with zero attached hydrogens (tertiary/aromatic N) is 14. The van der Waals surface area contributed by atoms with Crippen LogP contribution in [0.25, 0.3) is 21.4 Å². The third-order valence-corrected chi connectivity index (χ3v) is 12.9. The number of hydrogen-bond donors (Lipinski definition) is 2. The first kappa shape index (κ1) is 51.1. The van der Waals surface area contributed by atoms with Crippen LogP contribution in [0.15, 0.2) is 126 Å². The first-order valence-electron chi connectivity index (χ1n) is 18.2. The lowest BCUT2D eigenvalue weighted by Gasteiger charge is -2.19. The summed E-state index contributed by atoms with van der Waals surface area (Å²) in [5.41, 5.74) is 10.4. The number of aromatic nitrogens is 13. The Morgan fingerprint density at radius 3 is 1.62 bits per heavy atom. The monoisotopic (exact) mass is 1160 g/mol. The van der Waals surface area contributed by atoms with Gasteiger partial charge in [-0.3, -0.25) is 15.0 Å². The van der Waals surface area contributed by atoms with E-state index in [1.807, 2.05) is 21.0 Å². The molecule has 354 valence electrons. The van der Waals surface area contributed by atoms with Crippen LogP contribution in [0.5, 0.6) is 0 Å². The summed E-state index contributed by atoms with van der Waals surface area (Å²) in [6.45, 7) is 0.414. The highest BCUT2D eigenvalue weighted by Gasteiger charge is 2.39. The summed E-state index contributed by atoms with van der Waals surface area (Å²) in [5.74, 6) is 0.466. The second-order valence-electron chi connectivity index (χ2n) is 12.0. The van der Waals surface area contributed by atoms with Gasteiger partial charge in [0.2, 0.25) is 11.6 Å². The van der Waals surface area contributed by atoms with Crippen LogP contribution in [0.1, 0.15) is 23.0 Å². The maximum absolute atomic E-state index is 12.6. The molecule has 0 saturated carbocycles. The summed E-state index contributed by atoms with van der Waals surface area (Å²) >= 11 is 13.6. The Morgan fingerprint density at radius 2 is 1.19 bits per heavy atom. The molecule has 0 aliphatic heterocycles. The van der Waals surface area contributed by atoms with E-state index < -0.39 is 24.1 Å². The van der Waals surface area contributed by atoms with Crippen LogP contribution in [0.2, 0.25) is 0 Å². The second-order valence-corrected chi connectivity index (χ2v) is 17.9. The SMILES string of the molecule is Brc1cscn1.FC(F)(F)c1nc(-c2ccc(CBr)s2)no1.FC(F)(F)c1nc(-c2ccc(CN(c3cnccn3)c3cscn3)s2)no1.Nc1cnccn1.[3HH].c1cnc(Nc2cscn2)cn1. The van der Waals surface area contributed by atoms with Crippen LogP contribution >= 0.6 is 88.5 Å². The fourth-order valence-electron chi connectivity index (χ4n) is 4.51. The summed E-state index contributed by atoms with van der Waals surface area (Å²) < 4.78 is 83.8. The van der Waals surface area contributed by atoms with Crippen LogP contribution in [0, 0.1) is 0 Å². The van der Waals surface area contributed by atoms with Gasteiger partial charge in [-0.15, -0.1) is 56.7 Å². The van der Waals surface area contributed by atoms with E-state index in [2.05, 4.69) is 111 Å². The van der Waals surface area contributed by atoms with Crippen molar-refractivity contribution in [1.29, 1.82) is 0 Å². The van der Waals surface area contributed by atoms with Gasteiger partial charge in [0.1, 0.15) is 27.9 Å². The molecule has 0 saturated heterocycles. The van der Waals surface area contributed by atoms with Crippen molar-refractivity contribution < 1.29 is 36.8 Å². The quantitative estimate of drug-likeness (QED) is 0.101. The normalized spacial score (nSPS) is 10.8. The molecule has 18 nitrogen and oxygen atoms in total. The summed E-state index contributed by atoms with van der Waals surface area (Å²) in [6, 6.07) is 6.89. The average molecular weight is 1160 g/mol. The van der Waals surface area contributed by atoms with E-state index in [1.54, 1.807) is 102 Å². The van der Waals surface area contributed by atoms with Crippen LogP contribution in [0.3, 0.4) is 0 Å². The first-order valence-corrected chi connectivity index (χ1v) is 24.6. The lowest BCUT2D eigenvalue weighted by Crippen LogP contribution is -2.17. The molecule has 3 N–H and O–H groups in total. The molecule has 10 rings (SSSR count).